The maximum atomic E-state index is 13.2. The molecular weight excluding hydrogens is 451 g/mol. The van der Waals surface area contributed by atoms with Crippen LogP contribution in [0.5, 0.6) is 0 Å². The minimum Gasteiger partial charge on any atom is -0.325 e. The number of carbonyl (C=O) groups excluding carboxylic acids is 1. The smallest absolute Gasteiger partial charge is 0.325 e. The van der Waals surface area contributed by atoms with E-state index < -0.39 is 17.6 Å². The number of benzene rings is 2. The first-order valence-corrected chi connectivity index (χ1v) is 10.8. The molecule has 10 heteroatoms. The van der Waals surface area contributed by atoms with Crippen LogP contribution in [-0.4, -0.2) is 31.4 Å². The molecule has 0 radical (unpaired) electrons. The molecule has 33 heavy (non-hydrogen) atoms. The average Bonchev–Trinajstić information content (AvgIpc) is 3.22. The van der Waals surface area contributed by atoms with Crippen LogP contribution in [0.25, 0.3) is 17.1 Å². The fourth-order valence-corrected chi connectivity index (χ4v) is 3.98. The predicted molar refractivity (Wildman–Crippen MR) is 120 cm³/mol. The number of hydrogen-bond donors (Lipinski definition) is 1. The molecule has 0 bridgehead atoms. The first-order chi connectivity index (χ1) is 15.8. The molecule has 0 aliphatic carbocycles. The largest absolute Gasteiger partial charge is 0.418 e. The predicted octanol–water partition coefficient (Wildman–Crippen LogP) is 5.39. The molecule has 2 aromatic heterocycles. The van der Waals surface area contributed by atoms with E-state index in [9.17, 15) is 18.0 Å². The van der Waals surface area contributed by atoms with Gasteiger partial charge >= 0.3 is 6.18 Å². The van der Waals surface area contributed by atoms with E-state index in [4.69, 9.17) is 0 Å². The lowest BCUT2D eigenvalue weighted by Gasteiger charge is -2.14. The highest BCUT2D eigenvalue weighted by atomic mass is 32.2. The monoisotopic (exact) mass is 469 g/mol. The molecule has 0 saturated carbocycles. The van der Waals surface area contributed by atoms with Crippen molar-refractivity contribution in [2.24, 2.45) is 0 Å². The van der Waals surface area contributed by atoms with Gasteiger partial charge in [0.15, 0.2) is 11.0 Å². The number of anilines is 1. The van der Waals surface area contributed by atoms with Crippen molar-refractivity contribution in [1.29, 1.82) is 0 Å². The van der Waals surface area contributed by atoms with Crippen LogP contribution in [-0.2, 0) is 11.0 Å². The van der Waals surface area contributed by atoms with Crippen molar-refractivity contribution in [1.82, 2.24) is 19.7 Å². The van der Waals surface area contributed by atoms with Gasteiger partial charge in [0.1, 0.15) is 0 Å². The summed E-state index contributed by atoms with van der Waals surface area (Å²) in [5.74, 6) is -0.190. The summed E-state index contributed by atoms with van der Waals surface area (Å²) in [6.07, 6.45) is -1.26. The number of para-hydroxylation sites is 2. The molecule has 4 aromatic rings. The summed E-state index contributed by atoms with van der Waals surface area (Å²) >= 11 is 1.08. The van der Waals surface area contributed by atoms with Crippen LogP contribution in [0.4, 0.5) is 18.9 Å². The van der Waals surface area contributed by atoms with Gasteiger partial charge in [-0.15, -0.1) is 10.2 Å². The van der Waals surface area contributed by atoms with Crippen molar-refractivity contribution < 1.29 is 18.0 Å². The third kappa shape index (κ3) is 5.06. The summed E-state index contributed by atoms with van der Waals surface area (Å²) < 4.78 is 41.4. The van der Waals surface area contributed by atoms with E-state index in [0.717, 1.165) is 34.6 Å². The Labute approximate surface area is 191 Å². The zero-order valence-electron chi connectivity index (χ0n) is 17.4. The van der Waals surface area contributed by atoms with Gasteiger partial charge < -0.3 is 5.32 Å². The molecule has 6 nitrogen and oxygen atoms in total. The Morgan fingerprint density at radius 3 is 2.52 bits per heavy atom. The number of pyridine rings is 1. The number of rotatable bonds is 6. The second-order valence-corrected chi connectivity index (χ2v) is 7.99. The first-order valence-electron chi connectivity index (χ1n) is 9.85. The van der Waals surface area contributed by atoms with E-state index >= 15 is 0 Å². The number of amides is 1. The Morgan fingerprint density at radius 1 is 1.03 bits per heavy atom. The highest BCUT2D eigenvalue weighted by Gasteiger charge is 2.33. The van der Waals surface area contributed by atoms with Gasteiger partial charge in [0.25, 0.3) is 0 Å². The van der Waals surface area contributed by atoms with E-state index in [1.54, 1.807) is 18.5 Å². The van der Waals surface area contributed by atoms with Gasteiger partial charge in [-0.2, -0.15) is 13.2 Å². The van der Waals surface area contributed by atoms with E-state index in [1.807, 2.05) is 41.8 Å². The lowest BCUT2D eigenvalue weighted by molar-refractivity contribution is -0.137. The highest BCUT2D eigenvalue weighted by Crippen LogP contribution is 2.35. The van der Waals surface area contributed by atoms with Gasteiger partial charge in [0.05, 0.1) is 22.7 Å². The summed E-state index contributed by atoms with van der Waals surface area (Å²) in [7, 11) is 0. The molecule has 0 fully saturated rings. The number of thioether (sulfide) groups is 1. The van der Waals surface area contributed by atoms with Crippen LogP contribution in [0.3, 0.4) is 0 Å². The fourth-order valence-electron chi connectivity index (χ4n) is 3.23. The van der Waals surface area contributed by atoms with E-state index in [0.29, 0.717) is 11.0 Å². The number of aryl methyl sites for hydroxylation is 1. The van der Waals surface area contributed by atoms with E-state index in [-0.39, 0.29) is 11.4 Å². The lowest BCUT2D eigenvalue weighted by Crippen LogP contribution is -2.18. The molecule has 0 saturated heterocycles. The summed E-state index contributed by atoms with van der Waals surface area (Å²) in [5.41, 5.74) is 1.35. The van der Waals surface area contributed by atoms with Crippen LogP contribution in [0.2, 0.25) is 0 Å². The van der Waals surface area contributed by atoms with Gasteiger partial charge in [-0.3, -0.25) is 14.3 Å². The third-order valence-corrected chi connectivity index (χ3v) is 5.68. The number of alkyl halides is 3. The van der Waals surface area contributed by atoms with Crippen molar-refractivity contribution >= 4 is 23.4 Å². The Morgan fingerprint density at radius 2 is 1.79 bits per heavy atom. The Kier molecular flexibility index (Phi) is 6.45. The molecule has 2 aromatic carbocycles. The molecule has 0 spiro atoms. The molecule has 4 rings (SSSR count). The van der Waals surface area contributed by atoms with Gasteiger partial charge in [-0.25, -0.2) is 0 Å². The minimum absolute atomic E-state index is 0.150. The molecular formula is C23H18F3N5OS. The van der Waals surface area contributed by atoms with Gasteiger partial charge in [-0.05, 0) is 42.8 Å². The summed E-state index contributed by atoms with van der Waals surface area (Å²) in [6.45, 7) is 1.94. The fraction of sp³-hybridized carbons (Fsp3) is 0.130. The standard InChI is InChI=1S/C23H18F3N5OS/c1-15-7-2-5-11-19(15)31-21(16-8-6-12-27-13-16)29-30-22(31)33-14-20(32)28-18-10-4-3-9-17(18)23(24,25)26/h2-13H,14H2,1H3,(H,28,32). The number of halogens is 3. The number of aromatic nitrogens is 4. The van der Waals surface area contributed by atoms with Crippen LogP contribution in [0.15, 0.2) is 78.2 Å². The van der Waals surface area contributed by atoms with Crippen molar-refractivity contribution in [2.75, 3.05) is 11.1 Å². The maximum Gasteiger partial charge on any atom is 0.418 e. The normalized spacial score (nSPS) is 11.4. The summed E-state index contributed by atoms with van der Waals surface area (Å²) in [4.78, 5) is 16.6. The summed E-state index contributed by atoms with van der Waals surface area (Å²) in [5, 5.41) is 11.3. The number of nitrogens with zero attached hydrogens (tertiary/aromatic N) is 4. The highest BCUT2D eigenvalue weighted by molar-refractivity contribution is 7.99. The third-order valence-electron chi connectivity index (χ3n) is 4.75. The topological polar surface area (TPSA) is 72.7 Å². The van der Waals surface area contributed by atoms with Gasteiger partial charge in [0, 0.05) is 18.0 Å². The SMILES string of the molecule is Cc1ccccc1-n1c(SCC(=O)Nc2ccccc2C(F)(F)F)nnc1-c1cccnc1. The molecule has 2 heterocycles. The van der Waals surface area contributed by atoms with Crippen molar-refractivity contribution in [3.8, 4) is 17.1 Å². The number of carbonyl (C=O) groups is 1. The van der Waals surface area contributed by atoms with Crippen LogP contribution in [0.1, 0.15) is 11.1 Å². The van der Waals surface area contributed by atoms with Crippen molar-refractivity contribution in [2.45, 2.75) is 18.3 Å². The molecule has 1 amide bonds. The number of hydrogen-bond acceptors (Lipinski definition) is 5. The second kappa shape index (κ2) is 9.45. The van der Waals surface area contributed by atoms with E-state index in [2.05, 4.69) is 20.5 Å². The van der Waals surface area contributed by atoms with Gasteiger partial charge in [0.2, 0.25) is 5.91 Å². The first kappa shape index (κ1) is 22.5. The quantitative estimate of drug-likeness (QED) is 0.384. The Bertz CT molecular complexity index is 1270. The van der Waals surface area contributed by atoms with Crippen LogP contribution < -0.4 is 5.32 Å². The Balaban J connectivity index is 1.60. The van der Waals surface area contributed by atoms with Crippen molar-refractivity contribution in [3.05, 3.63) is 84.2 Å². The second-order valence-electron chi connectivity index (χ2n) is 7.05. The molecule has 168 valence electrons. The maximum absolute atomic E-state index is 13.2. The minimum atomic E-state index is -4.57. The number of nitrogens with one attached hydrogen (secondary N) is 1. The van der Waals surface area contributed by atoms with Gasteiger partial charge in [-0.1, -0.05) is 42.1 Å². The molecule has 0 atom stereocenters. The average molecular weight is 469 g/mol. The van der Waals surface area contributed by atoms with Crippen LogP contribution in [0, 0.1) is 6.92 Å². The Hall–Kier alpha value is -3.66. The van der Waals surface area contributed by atoms with Crippen molar-refractivity contribution in [3.63, 3.8) is 0 Å². The lowest BCUT2D eigenvalue weighted by atomic mass is 10.1. The van der Waals surface area contributed by atoms with E-state index in [1.165, 1.54) is 18.2 Å². The molecule has 1 N–H and O–H groups in total. The molecule has 0 aliphatic heterocycles. The molecule has 0 unspecified atom stereocenters. The van der Waals surface area contributed by atoms with Crippen LogP contribution >= 0.6 is 11.8 Å². The zero-order valence-corrected chi connectivity index (χ0v) is 18.2. The summed E-state index contributed by atoms with van der Waals surface area (Å²) in [6, 6.07) is 16.1. The molecule has 0 aliphatic rings. The zero-order chi connectivity index (χ0) is 23.4.